The van der Waals surface area contributed by atoms with Crippen molar-refractivity contribution in [2.75, 3.05) is 6.54 Å². The van der Waals surface area contributed by atoms with Gasteiger partial charge in [0.1, 0.15) is 6.04 Å². The lowest BCUT2D eigenvalue weighted by Crippen LogP contribution is -2.66. The van der Waals surface area contributed by atoms with Crippen molar-refractivity contribution < 1.29 is 14.4 Å². The molecule has 1 saturated heterocycles. The molecule has 0 spiro atoms. The topological polar surface area (TPSA) is 57.7 Å². The van der Waals surface area contributed by atoms with E-state index < -0.39 is 6.04 Å². The van der Waals surface area contributed by atoms with Crippen LogP contribution in [0.2, 0.25) is 0 Å². The van der Waals surface area contributed by atoms with E-state index in [4.69, 9.17) is 0 Å². The predicted molar refractivity (Wildman–Crippen MR) is 94.5 cm³/mol. The van der Waals surface area contributed by atoms with Gasteiger partial charge in [0.2, 0.25) is 5.91 Å². The highest BCUT2D eigenvalue weighted by Gasteiger charge is 2.57. The van der Waals surface area contributed by atoms with Crippen LogP contribution in [0.25, 0.3) is 0 Å². The molecule has 26 heavy (non-hydrogen) atoms. The molecule has 0 saturated carbocycles. The third-order valence-corrected chi connectivity index (χ3v) is 5.48. The molecule has 128 valence electrons. The molecule has 0 N–H and O–H groups in total. The van der Waals surface area contributed by atoms with Crippen LogP contribution in [0.5, 0.6) is 0 Å². The number of fused-ring (bicyclic) bond motifs is 4. The molecule has 2 aromatic carbocycles. The molecule has 0 bridgehead atoms. The van der Waals surface area contributed by atoms with Gasteiger partial charge in [-0.25, -0.2) is 0 Å². The maximum Gasteiger partial charge on any atom is 0.262 e. The van der Waals surface area contributed by atoms with E-state index >= 15 is 0 Å². The van der Waals surface area contributed by atoms with Crippen molar-refractivity contribution in [3.05, 3.63) is 82.9 Å². The monoisotopic (exact) mass is 344 g/mol. The molecule has 5 nitrogen and oxygen atoms in total. The van der Waals surface area contributed by atoms with Crippen LogP contribution in [0.3, 0.4) is 0 Å². The van der Waals surface area contributed by atoms with Crippen LogP contribution in [0, 0.1) is 0 Å². The van der Waals surface area contributed by atoms with E-state index in [-0.39, 0.29) is 23.8 Å². The second-order valence-electron chi connectivity index (χ2n) is 7.01. The fourth-order valence-electron chi connectivity index (χ4n) is 4.31. The van der Waals surface area contributed by atoms with Gasteiger partial charge >= 0.3 is 0 Å². The zero-order valence-corrected chi connectivity index (χ0v) is 14.0. The van der Waals surface area contributed by atoms with Gasteiger partial charge in [-0.1, -0.05) is 48.6 Å². The first-order chi connectivity index (χ1) is 12.6. The molecular formula is C21H16N2O3. The van der Waals surface area contributed by atoms with Crippen LogP contribution >= 0.6 is 0 Å². The largest absolute Gasteiger partial charge is 0.327 e. The molecule has 2 aromatic rings. The number of benzene rings is 2. The van der Waals surface area contributed by atoms with Crippen LogP contribution in [-0.2, 0) is 11.2 Å². The Morgan fingerprint density at radius 1 is 0.846 bits per heavy atom. The van der Waals surface area contributed by atoms with Crippen molar-refractivity contribution in [2.24, 2.45) is 0 Å². The fraction of sp³-hybridized carbons (Fsp3) is 0.190. The van der Waals surface area contributed by atoms with Gasteiger partial charge < -0.3 is 4.90 Å². The predicted octanol–water partition coefficient (Wildman–Crippen LogP) is 2.35. The summed E-state index contributed by atoms with van der Waals surface area (Å²) in [6, 6.07) is 13.5. The van der Waals surface area contributed by atoms with Gasteiger partial charge in [-0.2, -0.15) is 0 Å². The molecule has 3 aliphatic rings. The fourth-order valence-corrected chi connectivity index (χ4v) is 4.31. The normalized spacial score (nSPS) is 24.0. The van der Waals surface area contributed by atoms with Gasteiger partial charge in [0.25, 0.3) is 11.8 Å². The van der Waals surface area contributed by atoms with E-state index in [1.165, 1.54) is 0 Å². The molecule has 3 aliphatic heterocycles. The Balaban J connectivity index is 1.60. The molecule has 0 aromatic heterocycles. The number of carbonyl (C=O) groups excluding carboxylic acids is 3. The van der Waals surface area contributed by atoms with Crippen molar-refractivity contribution in [2.45, 2.75) is 18.5 Å². The Kier molecular flexibility index (Phi) is 2.98. The zero-order chi connectivity index (χ0) is 18.0. The molecule has 0 unspecified atom stereocenters. The second-order valence-corrected chi connectivity index (χ2v) is 7.01. The quantitative estimate of drug-likeness (QED) is 0.453. The number of β-lactam (4-membered cyclic amide) rings is 1. The number of carbonyl (C=O) groups is 3. The van der Waals surface area contributed by atoms with Crippen molar-refractivity contribution >= 4 is 17.7 Å². The Bertz CT molecular complexity index is 975. The summed E-state index contributed by atoms with van der Waals surface area (Å²) in [5, 5.41) is 0. The molecule has 5 rings (SSSR count). The van der Waals surface area contributed by atoms with E-state index in [1.807, 2.05) is 24.3 Å². The van der Waals surface area contributed by atoms with E-state index in [0.717, 1.165) is 21.6 Å². The van der Waals surface area contributed by atoms with E-state index in [2.05, 4.69) is 6.58 Å². The van der Waals surface area contributed by atoms with E-state index in [0.29, 0.717) is 24.1 Å². The van der Waals surface area contributed by atoms with Crippen molar-refractivity contribution in [1.29, 1.82) is 0 Å². The highest BCUT2D eigenvalue weighted by Crippen LogP contribution is 2.44. The minimum Gasteiger partial charge on any atom is -0.327 e. The first-order valence-electron chi connectivity index (χ1n) is 8.60. The van der Waals surface area contributed by atoms with E-state index in [1.54, 1.807) is 29.2 Å². The first-order valence-corrected chi connectivity index (χ1v) is 8.60. The van der Waals surface area contributed by atoms with Crippen LogP contribution in [0.15, 0.2) is 60.7 Å². The van der Waals surface area contributed by atoms with Crippen LogP contribution in [0.4, 0.5) is 0 Å². The lowest BCUT2D eigenvalue weighted by molar-refractivity contribution is -0.155. The summed E-state index contributed by atoms with van der Waals surface area (Å²) < 4.78 is 0. The van der Waals surface area contributed by atoms with Crippen LogP contribution < -0.4 is 0 Å². The minimum atomic E-state index is -0.783. The number of nitrogens with zero attached hydrogens (tertiary/aromatic N) is 2. The maximum atomic E-state index is 12.9. The highest BCUT2D eigenvalue weighted by atomic mass is 16.2. The minimum absolute atomic E-state index is 0.192. The number of amides is 3. The first kappa shape index (κ1) is 15.1. The molecule has 5 heteroatoms. The van der Waals surface area contributed by atoms with Crippen LogP contribution in [0.1, 0.15) is 37.9 Å². The maximum absolute atomic E-state index is 12.9. The zero-order valence-electron chi connectivity index (χ0n) is 14.0. The highest BCUT2D eigenvalue weighted by molar-refractivity contribution is 6.23. The number of hydrogen-bond acceptors (Lipinski definition) is 3. The standard InChI is InChI=1S/C21H16N2O3/c1-12-10-13-6-2-3-7-14(13)17-18(21(26)22(17)11-12)23-19(24)15-8-4-5-9-16(15)20(23)25/h2-9,17-18H,1,10-11H2/t17-,18+/m1/s1. The van der Waals surface area contributed by atoms with Gasteiger partial charge in [0.05, 0.1) is 17.2 Å². The molecule has 2 atom stereocenters. The Hall–Kier alpha value is -3.21. The molecule has 1 fully saturated rings. The molecule has 3 amide bonds. The molecule has 0 radical (unpaired) electrons. The molecular weight excluding hydrogens is 328 g/mol. The lowest BCUT2D eigenvalue weighted by Gasteiger charge is -2.49. The summed E-state index contributed by atoms with van der Waals surface area (Å²) in [5.74, 6) is -0.962. The Morgan fingerprint density at radius 3 is 2.15 bits per heavy atom. The number of hydrogen-bond donors (Lipinski definition) is 0. The average molecular weight is 344 g/mol. The number of imide groups is 1. The average Bonchev–Trinajstić information content (AvgIpc) is 2.82. The molecule has 3 heterocycles. The van der Waals surface area contributed by atoms with Crippen molar-refractivity contribution in [3.63, 3.8) is 0 Å². The lowest BCUT2D eigenvalue weighted by atomic mass is 9.85. The third-order valence-electron chi connectivity index (χ3n) is 5.48. The third kappa shape index (κ3) is 1.83. The van der Waals surface area contributed by atoms with Gasteiger partial charge in [0.15, 0.2) is 0 Å². The van der Waals surface area contributed by atoms with Gasteiger partial charge in [-0.15, -0.1) is 0 Å². The smallest absolute Gasteiger partial charge is 0.262 e. The Morgan fingerprint density at radius 2 is 1.46 bits per heavy atom. The van der Waals surface area contributed by atoms with Gasteiger partial charge in [0, 0.05) is 6.54 Å². The van der Waals surface area contributed by atoms with Crippen molar-refractivity contribution in [1.82, 2.24) is 9.80 Å². The molecule has 0 aliphatic carbocycles. The van der Waals surface area contributed by atoms with Crippen molar-refractivity contribution in [3.8, 4) is 0 Å². The second kappa shape index (κ2) is 5.14. The summed E-state index contributed by atoms with van der Waals surface area (Å²) in [5.41, 5.74) is 3.78. The van der Waals surface area contributed by atoms with Gasteiger partial charge in [-0.3, -0.25) is 19.3 Å². The van der Waals surface area contributed by atoms with Crippen LogP contribution in [-0.4, -0.2) is 40.1 Å². The van der Waals surface area contributed by atoms with E-state index in [9.17, 15) is 14.4 Å². The summed E-state index contributed by atoms with van der Waals surface area (Å²) in [4.78, 5) is 41.4. The SMILES string of the molecule is C=C1Cc2ccccc2[C@@H]2[C@H](N3C(=O)c4ccccc4C3=O)C(=O)N2C1. The summed E-state index contributed by atoms with van der Waals surface area (Å²) in [6.07, 6.45) is 0.700. The number of rotatable bonds is 1. The van der Waals surface area contributed by atoms with Gasteiger partial charge in [-0.05, 0) is 29.7 Å². The summed E-state index contributed by atoms with van der Waals surface area (Å²) >= 11 is 0. The summed E-state index contributed by atoms with van der Waals surface area (Å²) in [6.45, 7) is 4.53. The summed E-state index contributed by atoms with van der Waals surface area (Å²) in [7, 11) is 0. The Labute approximate surface area is 150 Å².